The molecule has 2 aromatic carbocycles. The number of carbonyl (C=O) groups excluding carboxylic acids is 2. The molecule has 1 atom stereocenters. The third-order valence-corrected chi connectivity index (χ3v) is 6.76. The van der Waals surface area contributed by atoms with Crippen molar-refractivity contribution in [2.75, 3.05) is 45.2 Å². The van der Waals surface area contributed by atoms with Crippen LogP contribution >= 0.6 is 11.6 Å². The van der Waals surface area contributed by atoms with Gasteiger partial charge in [0.05, 0.1) is 18.8 Å². The lowest BCUT2D eigenvalue weighted by Crippen LogP contribution is -2.50. The molecular weight excluding hydrogens is 468 g/mol. The van der Waals surface area contributed by atoms with E-state index in [1.165, 1.54) is 0 Å². The quantitative estimate of drug-likeness (QED) is 0.554. The van der Waals surface area contributed by atoms with Gasteiger partial charge in [0.25, 0.3) is 11.8 Å². The Labute approximate surface area is 208 Å². The van der Waals surface area contributed by atoms with Crippen LogP contribution in [0.15, 0.2) is 48.5 Å². The first-order valence-corrected chi connectivity index (χ1v) is 11.9. The number of hydrogen-bond acceptors (Lipinski definition) is 6. The van der Waals surface area contributed by atoms with E-state index in [0.717, 1.165) is 11.3 Å². The fourth-order valence-corrected chi connectivity index (χ4v) is 4.54. The molecule has 182 valence electrons. The van der Waals surface area contributed by atoms with Gasteiger partial charge in [0.15, 0.2) is 5.69 Å². The van der Waals surface area contributed by atoms with E-state index in [9.17, 15) is 9.59 Å². The lowest BCUT2D eigenvalue weighted by Gasteiger charge is -2.34. The van der Waals surface area contributed by atoms with E-state index in [1.54, 1.807) is 14.5 Å². The van der Waals surface area contributed by atoms with Gasteiger partial charge in [-0.15, -0.1) is 5.10 Å². The Morgan fingerprint density at radius 3 is 2.37 bits per heavy atom. The second-order valence-electron chi connectivity index (χ2n) is 8.95. The van der Waals surface area contributed by atoms with Crippen LogP contribution in [0.3, 0.4) is 0 Å². The molecular formula is C25H27ClN6O3. The summed E-state index contributed by atoms with van der Waals surface area (Å²) in [7, 11) is 3.89. The highest BCUT2D eigenvalue weighted by Crippen LogP contribution is 2.28. The van der Waals surface area contributed by atoms with Crippen molar-refractivity contribution in [3.05, 3.63) is 76.1 Å². The molecule has 10 heteroatoms. The zero-order chi connectivity index (χ0) is 24.5. The number of aromatic nitrogens is 3. The van der Waals surface area contributed by atoms with Crippen LogP contribution in [0.4, 0.5) is 5.69 Å². The molecule has 2 aliphatic heterocycles. The highest BCUT2D eigenvalue weighted by atomic mass is 35.5. The van der Waals surface area contributed by atoms with Crippen LogP contribution in [0.5, 0.6) is 0 Å². The van der Waals surface area contributed by atoms with Crippen LogP contribution in [-0.4, -0.2) is 76.9 Å². The Morgan fingerprint density at radius 1 is 1.00 bits per heavy atom. The van der Waals surface area contributed by atoms with Gasteiger partial charge in [-0.2, -0.15) is 0 Å². The average Bonchev–Trinajstić information content (AvgIpc) is 3.32. The maximum absolute atomic E-state index is 13.2. The van der Waals surface area contributed by atoms with Gasteiger partial charge < -0.3 is 19.4 Å². The highest BCUT2D eigenvalue weighted by Gasteiger charge is 2.32. The van der Waals surface area contributed by atoms with Crippen molar-refractivity contribution >= 4 is 29.1 Å². The van der Waals surface area contributed by atoms with Crippen molar-refractivity contribution in [2.24, 2.45) is 0 Å². The minimum absolute atomic E-state index is 0.0246. The summed E-state index contributed by atoms with van der Waals surface area (Å²) in [6.45, 7) is 2.55. The monoisotopic (exact) mass is 494 g/mol. The number of fused-ring (bicyclic) bond motifs is 1. The molecule has 2 amide bonds. The fraction of sp³-hybridized carbons (Fsp3) is 0.360. The Morgan fingerprint density at radius 2 is 1.69 bits per heavy atom. The summed E-state index contributed by atoms with van der Waals surface area (Å²) in [6.07, 6.45) is -0.176. The van der Waals surface area contributed by atoms with Crippen LogP contribution in [0.1, 0.15) is 38.2 Å². The number of ether oxygens (including phenoxy) is 1. The summed E-state index contributed by atoms with van der Waals surface area (Å²) < 4.78 is 7.76. The van der Waals surface area contributed by atoms with Crippen LogP contribution in [0.25, 0.3) is 0 Å². The first kappa shape index (κ1) is 23.3. The van der Waals surface area contributed by atoms with Crippen molar-refractivity contribution in [2.45, 2.75) is 19.3 Å². The van der Waals surface area contributed by atoms with Crippen molar-refractivity contribution in [3.63, 3.8) is 0 Å². The van der Waals surface area contributed by atoms with E-state index >= 15 is 0 Å². The summed E-state index contributed by atoms with van der Waals surface area (Å²) in [6, 6.07) is 15.1. The Bertz CT molecular complexity index is 1230. The van der Waals surface area contributed by atoms with Crippen LogP contribution < -0.4 is 4.90 Å². The molecule has 5 rings (SSSR count). The smallest absolute Gasteiger partial charge is 0.276 e. The summed E-state index contributed by atoms with van der Waals surface area (Å²) in [5, 5.41) is 9.06. The molecule has 0 radical (unpaired) electrons. The topological polar surface area (TPSA) is 83.8 Å². The Balaban J connectivity index is 1.22. The molecule has 3 aromatic rings. The molecule has 0 spiro atoms. The fourth-order valence-electron chi connectivity index (χ4n) is 4.42. The maximum atomic E-state index is 13.2. The standard InChI is InChI=1S/C25H27ClN6O3/c1-29(2)20-5-3-4-18(14-20)24(33)30-10-12-31(13-11-30)25(34)23-21-16-35-22(15-32(21)28-27-23)17-6-8-19(26)9-7-17/h3-9,14,22H,10-13,15-16H2,1-2H3/t22-/m1/s1. The number of benzene rings is 2. The number of amides is 2. The van der Waals surface area contributed by atoms with E-state index in [-0.39, 0.29) is 24.5 Å². The van der Waals surface area contributed by atoms with Gasteiger partial charge in [-0.25, -0.2) is 4.68 Å². The maximum Gasteiger partial charge on any atom is 0.276 e. The number of rotatable bonds is 4. The number of halogens is 1. The van der Waals surface area contributed by atoms with Gasteiger partial charge in [0.2, 0.25) is 0 Å². The van der Waals surface area contributed by atoms with Crippen LogP contribution in [0.2, 0.25) is 5.02 Å². The SMILES string of the molecule is CN(C)c1cccc(C(=O)N2CCN(C(=O)c3nnn4c3CO[C@@H](c3ccc(Cl)cc3)C4)CC2)c1. The summed E-state index contributed by atoms with van der Waals surface area (Å²) in [4.78, 5) is 31.7. The number of piperazine rings is 1. The molecule has 0 aliphatic carbocycles. The first-order chi connectivity index (χ1) is 16.9. The van der Waals surface area contributed by atoms with E-state index in [1.807, 2.05) is 67.5 Å². The molecule has 0 bridgehead atoms. The highest BCUT2D eigenvalue weighted by molar-refractivity contribution is 6.30. The molecule has 0 N–H and O–H groups in total. The normalized spacial score (nSPS) is 17.7. The zero-order valence-corrected chi connectivity index (χ0v) is 20.5. The number of hydrogen-bond donors (Lipinski definition) is 0. The molecule has 3 heterocycles. The second kappa shape index (κ2) is 9.67. The van der Waals surface area contributed by atoms with E-state index < -0.39 is 0 Å². The summed E-state index contributed by atoms with van der Waals surface area (Å²) >= 11 is 5.98. The first-order valence-electron chi connectivity index (χ1n) is 11.6. The van der Waals surface area contributed by atoms with Crippen molar-refractivity contribution < 1.29 is 14.3 Å². The predicted molar refractivity (Wildman–Crippen MR) is 132 cm³/mol. The van der Waals surface area contributed by atoms with E-state index in [4.69, 9.17) is 16.3 Å². The molecule has 2 aliphatic rings. The molecule has 0 saturated carbocycles. The third-order valence-electron chi connectivity index (χ3n) is 6.51. The third kappa shape index (κ3) is 4.74. The second-order valence-corrected chi connectivity index (χ2v) is 9.38. The molecule has 1 saturated heterocycles. The summed E-state index contributed by atoms with van der Waals surface area (Å²) in [5.74, 6) is -0.204. The Kier molecular flexibility index (Phi) is 6.44. The molecule has 1 aromatic heterocycles. The minimum Gasteiger partial charge on any atom is -0.378 e. The van der Waals surface area contributed by atoms with Crippen LogP contribution in [-0.2, 0) is 17.9 Å². The molecule has 1 fully saturated rings. The van der Waals surface area contributed by atoms with Crippen molar-refractivity contribution in [1.82, 2.24) is 24.8 Å². The lowest BCUT2D eigenvalue weighted by atomic mass is 10.1. The van der Waals surface area contributed by atoms with Gasteiger partial charge in [-0.3, -0.25) is 9.59 Å². The Hall–Kier alpha value is -3.43. The molecule has 35 heavy (non-hydrogen) atoms. The van der Waals surface area contributed by atoms with E-state index in [2.05, 4.69) is 10.3 Å². The van der Waals surface area contributed by atoms with Gasteiger partial charge in [0, 0.05) is 56.5 Å². The molecule has 9 nitrogen and oxygen atoms in total. The average molecular weight is 495 g/mol. The van der Waals surface area contributed by atoms with Gasteiger partial charge in [0.1, 0.15) is 6.10 Å². The lowest BCUT2D eigenvalue weighted by molar-refractivity contribution is -0.00202. The largest absolute Gasteiger partial charge is 0.378 e. The van der Waals surface area contributed by atoms with Crippen LogP contribution in [0, 0.1) is 0 Å². The van der Waals surface area contributed by atoms with Crippen molar-refractivity contribution in [1.29, 1.82) is 0 Å². The number of anilines is 1. The number of nitrogens with zero attached hydrogens (tertiary/aromatic N) is 6. The van der Waals surface area contributed by atoms with Crippen molar-refractivity contribution in [3.8, 4) is 0 Å². The number of carbonyl (C=O) groups is 2. The molecule has 0 unspecified atom stereocenters. The summed E-state index contributed by atoms with van der Waals surface area (Å²) in [5.41, 5.74) is 3.62. The predicted octanol–water partition coefficient (Wildman–Crippen LogP) is 2.87. The minimum atomic E-state index is -0.179. The van der Waals surface area contributed by atoms with Gasteiger partial charge >= 0.3 is 0 Å². The van der Waals surface area contributed by atoms with Gasteiger partial charge in [-0.05, 0) is 35.9 Å². The van der Waals surface area contributed by atoms with Gasteiger partial charge in [-0.1, -0.05) is 35.0 Å². The van der Waals surface area contributed by atoms with E-state index in [0.29, 0.717) is 54.7 Å². The zero-order valence-electron chi connectivity index (χ0n) is 19.7.